The van der Waals surface area contributed by atoms with Crippen molar-refractivity contribution < 1.29 is 5.34 Å². The van der Waals surface area contributed by atoms with E-state index in [-0.39, 0.29) is 0 Å². The Morgan fingerprint density at radius 2 is 0.875 bits per heavy atom. The molecule has 0 aliphatic rings. The van der Waals surface area contributed by atoms with Crippen molar-refractivity contribution in [3.8, 4) is 0 Å². The molecule has 0 aromatic carbocycles. The predicted octanol–water partition coefficient (Wildman–Crippen LogP) is 6.52. The van der Waals surface area contributed by atoms with Gasteiger partial charge in [0.05, 0.1) is 0 Å². The second-order valence-corrected chi connectivity index (χ2v) is 56.0. The van der Waals surface area contributed by atoms with Gasteiger partial charge in [0, 0.05) is 0 Å². The molecule has 3 aromatic heterocycles. The summed E-state index contributed by atoms with van der Waals surface area (Å²) in [5, 5.41) is 12.9. The number of aryl methyl sites for hydroxylation is 6. The van der Waals surface area contributed by atoms with Crippen LogP contribution in [0.15, 0.2) is 18.2 Å². The minimum absolute atomic E-state index is 0.585. The maximum absolute atomic E-state index is 5.24. The Kier molecular flexibility index (Phi) is 9.38. The van der Waals surface area contributed by atoms with E-state index in [1.807, 2.05) is 0 Å². The number of nitrogens with zero attached hydrogens (tertiary/aromatic N) is 6. The Hall–Kier alpha value is 0.534. The molecule has 6 nitrogen and oxygen atoms in total. The summed E-state index contributed by atoms with van der Waals surface area (Å²) in [6.45, 7) is 13.2. The summed E-state index contributed by atoms with van der Waals surface area (Å²) in [4.78, 5) is 0. The number of aromatic nitrogens is 6. The van der Waals surface area contributed by atoms with Gasteiger partial charge in [-0.25, -0.2) is 0 Å². The Balaban J connectivity index is 2.57. The molecule has 0 aliphatic carbocycles. The third-order valence-corrected chi connectivity index (χ3v) is 17.1. The molecule has 0 bridgehead atoms. The van der Waals surface area contributed by atoms with Gasteiger partial charge in [0.25, 0.3) is 0 Å². The van der Waals surface area contributed by atoms with Crippen molar-refractivity contribution in [2.45, 2.75) is 84.2 Å². The Labute approximate surface area is 226 Å². The molecule has 0 saturated carbocycles. The molecule has 3 aromatic rings. The van der Waals surface area contributed by atoms with Gasteiger partial charge in [-0.1, -0.05) is 0 Å². The topological polar surface area (TPSA) is 53.5 Å². The summed E-state index contributed by atoms with van der Waals surface area (Å²) in [5.74, 6) is 0. The van der Waals surface area contributed by atoms with Gasteiger partial charge in [-0.2, -0.15) is 0 Å². The van der Waals surface area contributed by atoms with Crippen LogP contribution in [-0.2, 0) is 48.0 Å². The van der Waals surface area contributed by atoms with E-state index in [0.29, 0.717) is 0 Å². The van der Waals surface area contributed by atoms with Crippen LogP contribution in [0.25, 0.3) is 0 Å². The standard InChI is InChI=1S/C22H33N6.3HI.Ti/c1-7-16-13-19(10-4)26(23-16)22(27-20(11-5)14-17(8-2)24-27)28-21(12-6)15-18(9-3)25-28;;;;/h13-15H,7-12H2,1-6H3;3*1H;/q;;;;+3/p-3. The van der Waals surface area contributed by atoms with Crippen LogP contribution in [0.5, 0.6) is 0 Å². The molecule has 0 saturated heterocycles. The number of halogens is 3. The van der Waals surface area contributed by atoms with E-state index in [1.54, 1.807) is 0 Å². The molecule has 10 heteroatoms. The van der Waals surface area contributed by atoms with Crippen molar-refractivity contribution in [1.29, 1.82) is 0 Å². The van der Waals surface area contributed by atoms with Crippen LogP contribution in [0.1, 0.15) is 75.7 Å². The van der Waals surface area contributed by atoms with Gasteiger partial charge in [0.15, 0.2) is 0 Å². The summed E-state index contributed by atoms with van der Waals surface area (Å²) < 4.78 is 6.31. The first kappa shape index (κ1) is 27.1. The molecule has 0 amide bonds. The van der Waals surface area contributed by atoms with Crippen molar-refractivity contribution in [3.05, 3.63) is 52.4 Å². The first-order chi connectivity index (χ1) is 15.2. The SMILES string of the molecule is CCc1cc(CC)n([C](n2nc(CC)cc2CC)(n2nc(CC)cc2CC)[Ti]([I])([I])[I])n1. The van der Waals surface area contributed by atoms with E-state index in [9.17, 15) is 0 Å². The zero-order valence-corrected chi connectivity index (χ0v) is 27.8. The van der Waals surface area contributed by atoms with E-state index >= 15 is 0 Å². The van der Waals surface area contributed by atoms with E-state index < -0.39 is 9.44 Å². The monoisotopic (exact) mass is 810 g/mol. The Bertz CT molecular complexity index is 940. The maximum atomic E-state index is 5.24. The van der Waals surface area contributed by atoms with Crippen LogP contribution < -0.4 is 0 Å². The van der Waals surface area contributed by atoms with Gasteiger partial charge in [-0.15, -0.1) is 0 Å². The van der Waals surface area contributed by atoms with Gasteiger partial charge < -0.3 is 0 Å². The van der Waals surface area contributed by atoms with Gasteiger partial charge in [0.2, 0.25) is 0 Å². The van der Waals surface area contributed by atoms with Crippen LogP contribution in [0.3, 0.4) is 0 Å². The van der Waals surface area contributed by atoms with Gasteiger partial charge in [0.1, 0.15) is 0 Å². The fourth-order valence-electron chi connectivity index (χ4n) is 4.14. The molecule has 0 spiro atoms. The molecule has 32 heavy (non-hydrogen) atoms. The summed E-state index contributed by atoms with van der Waals surface area (Å²) in [7, 11) is 0. The van der Waals surface area contributed by atoms with Crippen molar-refractivity contribution in [2.24, 2.45) is 0 Å². The molecular weight excluding hydrogens is 777 g/mol. The first-order valence-corrected chi connectivity index (χ1v) is 27.4. The second-order valence-electron chi connectivity index (χ2n) is 7.87. The number of hydrogen-bond acceptors (Lipinski definition) is 3. The van der Waals surface area contributed by atoms with Gasteiger partial charge in [-0.3, -0.25) is 0 Å². The fraction of sp³-hybridized carbons (Fsp3) is 0.591. The summed E-state index contributed by atoms with van der Waals surface area (Å²) in [6, 6.07) is 6.83. The van der Waals surface area contributed by atoms with E-state index in [4.69, 9.17) is 15.3 Å². The van der Waals surface area contributed by atoms with E-state index in [0.717, 1.165) is 55.6 Å². The molecule has 176 valence electrons. The normalized spacial score (nSPS) is 12.7. The van der Waals surface area contributed by atoms with Crippen LogP contribution in [0.2, 0.25) is 0 Å². The quantitative estimate of drug-likeness (QED) is 0.173. The Morgan fingerprint density at radius 1 is 0.594 bits per heavy atom. The molecule has 0 unspecified atom stereocenters. The third-order valence-electron chi connectivity index (χ3n) is 5.94. The predicted molar refractivity (Wildman–Crippen MR) is 154 cm³/mol. The third kappa shape index (κ3) is 4.67. The zero-order chi connectivity index (χ0) is 23.7. The molecule has 0 radical (unpaired) electrons. The summed E-state index contributed by atoms with van der Waals surface area (Å²) in [5.41, 5.74) is 7.12. The summed E-state index contributed by atoms with van der Waals surface area (Å²) in [6.07, 6.45) is 5.51. The Morgan fingerprint density at radius 3 is 1.06 bits per heavy atom. The van der Waals surface area contributed by atoms with Crippen LogP contribution in [0, 0.1) is 0 Å². The van der Waals surface area contributed by atoms with Crippen LogP contribution in [0.4, 0.5) is 0 Å². The second kappa shape index (κ2) is 11.1. The molecular formula is C22H33I3N6Ti. The zero-order valence-electron chi connectivity index (χ0n) is 19.8. The molecule has 3 heterocycles. The van der Waals surface area contributed by atoms with Crippen LogP contribution in [-0.4, -0.2) is 29.3 Å². The van der Waals surface area contributed by atoms with Gasteiger partial charge in [-0.05, 0) is 0 Å². The molecule has 0 aliphatic heterocycles. The van der Waals surface area contributed by atoms with E-state index in [1.165, 1.54) is 17.1 Å². The van der Waals surface area contributed by atoms with Crippen molar-refractivity contribution in [3.63, 3.8) is 0 Å². The van der Waals surface area contributed by atoms with Crippen molar-refractivity contribution in [1.82, 2.24) is 29.3 Å². The van der Waals surface area contributed by atoms with E-state index in [2.05, 4.69) is 131 Å². The number of rotatable bonds is 10. The number of hydrogen-bond donors (Lipinski definition) is 0. The van der Waals surface area contributed by atoms with Crippen molar-refractivity contribution >= 4 is 57.6 Å². The molecule has 0 atom stereocenters. The minimum atomic E-state index is -2.83. The summed E-state index contributed by atoms with van der Waals surface area (Å²) >= 11 is 8.23. The fourth-order valence-corrected chi connectivity index (χ4v) is 14.6. The molecule has 3 rings (SSSR count). The van der Waals surface area contributed by atoms with Gasteiger partial charge >= 0.3 is 229 Å². The van der Waals surface area contributed by atoms with Crippen LogP contribution >= 0.6 is 57.6 Å². The molecule has 0 fully saturated rings. The average Bonchev–Trinajstić information content (AvgIpc) is 3.50. The molecule has 0 N–H and O–H groups in total. The van der Waals surface area contributed by atoms with Crippen molar-refractivity contribution in [2.75, 3.05) is 0 Å². The first-order valence-electron chi connectivity index (χ1n) is 11.5. The average molecular weight is 810 g/mol.